The lowest BCUT2D eigenvalue weighted by Crippen LogP contribution is -2.50. The summed E-state index contributed by atoms with van der Waals surface area (Å²) in [5.41, 5.74) is 1.94. The molecule has 2 aromatic carbocycles. The molecule has 0 aliphatic heterocycles. The quantitative estimate of drug-likeness (QED) is 0.556. The second-order valence-corrected chi connectivity index (χ2v) is 14.0. The SMILES string of the molecule is CC(C)(C)[Si](C)(C)OCC(O)[C@H](Cc1ccccc1)NC(=O)OCc1ccccc1. The Morgan fingerprint density at radius 3 is 2.07 bits per heavy atom. The molecule has 1 unspecified atom stereocenters. The summed E-state index contributed by atoms with van der Waals surface area (Å²) in [5, 5.41) is 13.7. The van der Waals surface area contributed by atoms with Gasteiger partial charge in [-0.3, -0.25) is 0 Å². The Hall–Kier alpha value is -2.15. The van der Waals surface area contributed by atoms with Crippen LogP contribution in [0.3, 0.4) is 0 Å². The van der Waals surface area contributed by atoms with E-state index >= 15 is 0 Å². The molecule has 5 nitrogen and oxygen atoms in total. The fourth-order valence-electron chi connectivity index (χ4n) is 2.69. The van der Waals surface area contributed by atoms with Crippen LogP contribution in [0.15, 0.2) is 60.7 Å². The lowest BCUT2D eigenvalue weighted by atomic mass is 10.0. The molecule has 2 aromatic rings. The molecule has 0 bridgehead atoms. The van der Waals surface area contributed by atoms with Gasteiger partial charge in [-0.15, -0.1) is 0 Å². The molecule has 0 aliphatic carbocycles. The number of ether oxygens (including phenoxy) is 1. The Kier molecular flexibility index (Phi) is 8.64. The van der Waals surface area contributed by atoms with Gasteiger partial charge in [-0.25, -0.2) is 4.79 Å². The van der Waals surface area contributed by atoms with Gasteiger partial charge in [0, 0.05) is 0 Å². The number of hydrogen-bond donors (Lipinski definition) is 2. The molecule has 0 aromatic heterocycles. The summed E-state index contributed by atoms with van der Waals surface area (Å²) in [5.74, 6) is 0. The highest BCUT2D eigenvalue weighted by Gasteiger charge is 2.38. The maximum absolute atomic E-state index is 12.4. The van der Waals surface area contributed by atoms with Crippen molar-refractivity contribution in [1.82, 2.24) is 5.32 Å². The zero-order valence-electron chi connectivity index (χ0n) is 18.7. The molecule has 0 aliphatic rings. The van der Waals surface area contributed by atoms with Crippen molar-refractivity contribution in [3.05, 3.63) is 71.8 Å². The lowest BCUT2D eigenvalue weighted by Gasteiger charge is -2.37. The summed E-state index contributed by atoms with van der Waals surface area (Å²) in [6.07, 6.45) is -0.904. The molecule has 1 amide bonds. The number of amides is 1. The molecule has 0 saturated carbocycles. The molecule has 6 heteroatoms. The number of carbonyl (C=O) groups is 1. The van der Waals surface area contributed by atoms with Gasteiger partial charge in [0.2, 0.25) is 0 Å². The van der Waals surface area contributed by atoms with Crippen LogP contribution in [0.1, 0.15) is 31.9 Å². The number of nitrogens with one attached hydrogen (secondary N) is 1. The van der Waals surface area contributed by atoms with Gasteiger partial charge in [0.25, 0.3) is 0 Å². The zero-order valence-corrected chi connectivity index (χ0v) is 19.7. The molecule has 0 heterocycles. The van der Waals surface area contributed by atoms with E-state index in [1.807, 2.05) is 60.7 Å². The van der Waals surface area contributed by atoms with Gasteiger partial charge in [-0.1, -0.05) is 81.4 Å². The Bertz CT molecular complexity index is 775. The normalized spacial score (nSPS) is 14.1. The van der Waals surface area contributed by atoms with E-state index < -0.39 is 26.6 Å². The minimum absolute atomic E-state index is 0.0453. The van der Waals surface area contributed by atoms with E-state index in [2.05, 4.69) is 39.2 Å². The molecule has 164 valence electrons. The molecule has 0 radical (unpaired) electrons. The number of rotatable bonds is 9. The summed E-state index contributed by atoms with van der Waals surface area (Å²) in [6, 6.07) is 18.8. The summed E-state index contributed by atoms with van der Waals surface area (Å²) in [6.45, 7) is 11.1. The predicted molar refractivity (Wildman–Crippen MR) is 123 cm³/mol. The van der Waals surface area contributed by atoms with E-state index in [1.165, 1.54) is 0 Å². The van der Waals surface area contributed by atoms with Gasteiger partial charge >= 0.3 is 6.09 Å². The lowest BCUT2D eigenvalue weighted by molar-refractivity contribution is 0.0612. The molecule has 2 N–H and O–H groups in total. The van der Waals surface area contributed by atoms with E-state index in [0.29, 0.717) is 6.42 Å². The van der Waals surface area contributed by atoms with Crippen molar-refractivity contribution in [2.75, 3.05) is 6.61 Å². The van der Waals surface area contributed by atoms with Gasteiger partial charge in [0.15, 0.2) is 8.32 Å². The first-order valence-electron chi connectivity index (χ1n) is 10.4. The maximum atomic E-state index is 12.4. The van der Waals surface area contributed by atoms with E-state index in [-0.39, 0.29) is 18.3 Å². The largest absolute Gasteiger partial charge is 0.445 e. The summed E-state index contributed by atoms with van der Waals surface area (Å²) >= 11 is 0. The third kappa shape index (κ3) is 7.59. The van der Waals surface area contributed by atoms with Crippen molar-refractivity contribution in [1.29, 1.82) is 0 Å². The standard InChI is InChI=1S/C24H35NO4Si/c1-24(2,3)30(4,5)29-18-22(26)21(16-19-12-8-6-9-13-19)25-23(27)28-17-20-14-10-7-11-15-20/h6-15,21-22,26H,16-18H2,1-5H3,(H,25,27)/t21-,22?/m0/s1. The molecule has 0 spiro atoms. The molecule has 0 fully saturated rings. The summed E-state index contributed by atoms with van der Waals surface area (Å²) in [4.78, 5) is 12.4. The Labute approximate surface area is 181 Å². The number of hydrogen-bond acceptors (Lipinski definition) is 4. The third-order valence-electron chi connectivity index (χ3n) is 5.70. The second-order valence-electron chi connectivity index (χ2n) is 9.14. The Balaban J connectivity index is 2.01. The van der Waals surface area contributed by atoms with Crippen LogP contribution in [-0.4, -0.2) is 38.3 Å². The van der Waals surface area contributed by atoms with Gasteiger partial charge in [-0.05, 0) is 35.7 Å². The first kappa shape index (κ1) is 24.1. The minimum atomic E-state index is -2.01. The molecule has 2 rings (SSSR count). The summed E-state index contributed by atoms with van der Waals surface area (Å²) < 4.78 is 11.5. The number of aliphatic hydroxyl groups excluding tert-OH is 1. The number of aliphatic hydroxyl groups is 1. The van der Waals surface area contributed by atoms with Crippen molar-refractivity contribution in [3.63, 3.8) is 0 Å². The van der Waals surface area contributed by atoms with Crippen LogP contribution >= 0.6 is 0 Å². The van der Waals surface area contributed by atoms with Crippen LogP contribution in [0, 0.1) is 0 Å². The van der Waals surface area contributed by atoms with Gasteiger partial charge in [0.05, 0.1) is 18.8 Å². The van der Waals surface area contributed by atoms with Crippen LogP contribution in [0.2, 0.25) is 18.1 Å². The third-order valence-corrected chi connectivity index (χ3v) is 10.2. The molecular weight excluding hydrogens is 394 g/mol. The molecule has 30 heavy (non-hydrogen) atoms. The molecule has 0 saturated heterocycles. The highest BCUT2D eigenvalue weighted by molar-refractivity contribution is 6.74. The van der Waals surface area contributed by atoms with Crippen molar-refractivity contribution >= 4 is 14.4 Å². The fraction of sp³-hybridized carbons (Fsp3) is 0.458. The second kappa shape index (κ2) is 10.7. The van der Waals surface area contributed by atoms with Crippen LogP contribution in [0.4, 0.5) is 4.79 Å². The van der Waals surface area contributed by atoms with Crippen LogP contribution in [-0.2, 0) is 22.2 Å². The van der Waals surface area contributed by atoms with Gasteiger partial charge in [0.1, 0.15) is 6.61 Å². The first-order chi connectivity index (χ1) is 14.1. The van der Waals surface area contributed by atoms with E-state index in [0.717, 1.165) is 11.1 Å². The number of carbonyl (C=O) groups excluding carboxylic acids is 1. The van der Waals surface area contributed by atoms with Crippen LogP contribution in [0.25, 0.3) is 0 Å². The maximum Gasteiger partial charge on any atom is 0.407 e. The van der Waals surface area contributed by atoms with Crippen LogP contribution in [0.5, 0.6) is 0 Å². The van der Waals surface area contributed by atoms with Crippen molar-refractivity contribution in [3.8, 4) is 0 Å². The first-order valence-corrected chi connectivity index (χ1v) is 13.3. The predicted octanol–water partition coefficient (Wildman–Crippen LogP) is 4.91. The van der Waals surface area contributed by atoms with E-state index in [9.17, 15) is 9.90 Å². The van der Waals surface area contributed by atoms with Gasteiger partial charge < -0.3 is 19.6 Å². The Morgan fingerprint density at radius 1 is 1.00 bits per heavy atom. The Morgan fingerprint density at radius 2 is 1.53 bits per heavy atom. The molecular formula is C24H35NO4Si. The van der Waals surface area contributed by atoms with Crippen molar-refractivity contribution in [2.24, 2.45) is 0 Å². The average Bonchev–Trinajstić information content (AvgIpc) is 2.71. The van der Waals surface area contributed by atoms with Crippen molar-refractivity contribution in [2.45, 2.75) is 64.1 Å². The van der Waals surface area contributed by atoms with E-state index in [4.69, 9.17) is 9.16 Å². The van der Waals surface area contributed by atoms with Crippen molar-refractivity contribution < 1.29 is 19.1 Å². The topological polar surface area (TPSA) is 67.8 Å². The minimum Gasteiger partial charge on any atom is -0.445 e. The zero-order chi connectivity index (χ0) is 22.2. The van der Waals surface area contributed by atoms with E-state index in [1.54, 1.807) is 0 Å². The van der Waals surface area contributed by atoms with Crippen LogP contribution < -0.4 is 5.32 Å². The van der Waals surface area contributed by atoms with Gasteiger partial charge in [-0.2, -0.15) is 0 Å². The average molecular weight is 430 g/mol. The monoisotopic (exact) mass is 429 g/mol. The number of benzene rings is 2. The molecule has 2 atom stereocenters. The highest BCUT2D eigenvalue weighted by Crippen LogP contribution is 2.36. The number of alkyl carbamates (subject to hydrolysis) is 1. The smallest absolute Gasteiger partial charge is 0.407 e. The highest BCUT2D eigenvalue weighted by atomic mass is 28.4. The summed E-state index contributed by atoms with van der Waals surface area (Å²) in [7, 11) is -2.01. The fourth-order valence-corrected chi connectivity index (χ4v) is 3.71.